The largest absolute Gasteiger partial charge is 0.487 e. The van der Waals surface area contributed by atoms with Gasteiger partial charge in [-0.05, 0) is 36.2 Å². The first kappa shape index (κ1) is 13.6. The summed E-state index contributed by atoms with van der Waals surface area (Å²) in [6.45, 7) is 2.42. The van der Waals surface area contributed by atoms with Gasteiger partial charge in [0.05, 0.1) is 10.7 Å². The first-order valence-corrected chi connectivity index (χ1v) is 6.44. The van der Waals surface area contributed by atoms with Crippen LogP contribution >= 0.6 is 11.6 Å². The van der Waals surface area contributed by atoms with E-state index in [4.69, 9.17) is 22.2 Å². The van der Waals surface area contributed by atoms with Crippen molar-refractivity contribution < 1.29 is 4.74 Å². The van der Waals surface area contributed by atoms with E-state index in [-0.39, 0.29) is 0 Å². The maximum absolute atomic E-state index is 6.06. The Labute approximate surface area is 117 Å². The van der Waals surface area contributed by atoms with Gasteiger partial charge in [0.1, 0.15) is 18.2 Å². The van der Waals surface area contributed by atoms with Crippen LogP contribution in [0.5, 0.6) is 5.75 Å². The number of aromatic nitrogens is 1. The van der Waals surface area contributed by atoms with Crippen LogP contribution in [0.2, 0.25) is 5.02 Å². The maximum atomic E-state index is 6.06. The van der Waals surface area contributed by atoms with Gasteiger partial charge in [0.2, 0.25) is 0 Å². The van der Waals surface area contributed by atoms with Crippen LogP contribution in [-0.2, 0) is 13.0 Å². The third kappa shape index (κ3) is 3.59. The summed E-state index contributed by atoms with van der Waals surface area (Å²) in [5.41, 5.74) is 4.41. The topological polar surface area (TPSA) is 60.2 Å². The molecule has 0 bridgehead atoms. The molecule has 3 N–H and O–H groups in total. The van der Waals surface area contributed by atoms with E-state index in [0.29, 0.717) is 23.1 Å². The van der Waals surface area contributed by atoms with Crippen molar-refractivity contribution in [1.82, 2.24) is 4.98 Å². The second kappa shape index (κ2) is 6.41. The molecule has 0 aliphatic heterocycles. The smallest absolute Gasteiger partial charge is 0.140 e. The summed E-state index contributed by atoms with van der Waals surface area (Å²) in [6.07, 6.45) is 1.01. The van der Waals surface area contributed by atoms with Gasteiger partial charge in [-0.2, -0.15) is 0 Å². The van der Waals surface area contributed by atoms with Crippen LogP contribution in [0.1, 0.15) is 18.2 Å². The number of nitrogens with one attached hydrogen (secondary N) is 1. The summed E-state index contributed by atoms with van der Waals surface area (Å²) in [6, 6.07) is 11.4. The van der Waals surface area contributed by atoms with Gasteiger partial charge in [0.25, 0.3) is 0 Å². The van der Waals surface area contributed by atoms with Crippen molar-refractivity contribution in [2.75, 3.05) is 5.43 Å². The molecule has 0 aliphatic carbocycles. The lowest BCUT2D eigenvalue weighted by atomic mass is 10.2. The highest BCUT2D eigenvalue weighted by molar-refractivity contribution is 6.31. The Bertz CT molecular complexity index is 543. The van der Waals surface area contributed by atoms with Crippen molar-refractivity contribution in [2.24, 2.45) is 5.84 Å². The van der Waals surface area contributed by atoms with Crippen LogP contribution in [0.15, 0.2) is 36.4 Å². The summed E-state index contributed by atoms with van der Waals surface area (Å²) in [4.78, 5) is 4.25. The number of hydrazine groups is 1. The molecular weight excluding hydrogens is 262 g/mol. The fourth-order valence-electron chi connectivity index (χ4n) is 1.64. The Kier molecular flexibility index (Phi) is 4.60. The molecule has 0 radical (unpaired) electrons. The molecule has 0 saturated heterocycles. The molecule has 0 fully saturated rings. The maximum Gasteiger partial charge on any atom is 0.140 e. The zero-order valence-electron chi connectivity index (χ0n) is 10.7. The van der Waals surface area contributed by atoms with Gasteiger partial charge in [-0.1, -0.05) is 30.7 Å². The number of nitrogens with zero attached hydrogens (tertiary/aromatic N) is 1. The summed E-state index contributed by atoms with van der Waals surface area (Å²) in [7, 11) is 0. The minimum atomic E-state index is 0.305. The molecule has 1 aromatic heterocycles. The first-order valence-electron chi connectivity index (χ1n) is 6.06. The molecule has 0 atom stereocenters. The Morgan fingerprint density at radius 3 is 2.58 bits per heavy atom. The molecule has 0 amide bonds. The Hall–Kier alpha value is -1.78. The van der Waals surface area contributed by atoms with Crippen LogP contribution < -0.4 is 16.0 Å². The molecule has 0 spiro atoms. The van der Waals surface area contributed by atoms with E-state index in [2.05, 4.69) is 17.3 Å². The van der Waals surface area contributed by atoms with E-state index in [9.17, 15) is 0 Å². The van der Waals surface area contributed by atoms with E-state index in [1.807, 2.05) is 24.3 Å². The predicted octanol–water partition coefficient (Wildman–Crippen LogP) is 3.16. The highest BCUT2D eigenvalue weighted by Crippen LogP contribution is 2.19. The number of aryl methyl sites for hydroxylation is 1. The van der Waals surface area contributed by atoms with Gasteiger partial charge in [0, 0.05) is 0 Å². The molecule has 2 aromatic rings. The molecule has 100 valence electrons. The standard InChI is InChI=1S/C14H16ClN3O/c1-2-10-3-5-11(6-4-10)19-9-13-12(15)7-8-14(17-13)18-16/h3-8H,2,9,16H2,1H3,(H,17,18). The molecule has 5 heteroatoms. The zero-order valence-corrected chi connectivity index (χ0v) is 11.4. The van der Waals surface area contributed by atoms with Crippen LogP contribution in [0, 0.1) is 0 Å². The highest BCUT2D eigenvalue weighted by Gasteiger charge is 2.05. The minimum Gasteiger partial charge on any atom is -0.487 e. The number of benzene rings is 1. The highest BCUT2D eigenvalue weighted by atomic mass is 35.5. The fraction of sp³-hybridized carbons (Fsp3) is 0.214. The lowest BCUT2D eigenvalue weighted by Gasteiger charge is -2.09. The second-order valence-corrected chi connectivity index (χ2v) is 4.46. The van der Waals surface area contributed by atoms with Gasteiger partial charge >= 0.3 is 0 Å². The normalized spacial score (nSPS) is 10.3. The van der Waals surface area contributed by atoms with Gasteiger partial charge < -0.3 is 10.2 Å². The number of anilines is 1. The fourth-order valence-corrected chi connectivity index (χ4v) is 1.80. The molecule has 2 rings (SSSR count). The molecule has 0 saturated carbocycles. The van der Waals surface area contributed by atoms with E-state index in [0.717, 1.165) is 12.2 Å². The van der Waals surface area contributed by atoms with Gasteiger partial charge in [-0.25, -0.2) is 10.8 Å². The van der Waals surface area contributed by atoms with Gasteiger partial charge in [-0.3, -0.25) is 0 Å². The number of ether oxygens (including phenoxy) is 1. The van der Waals surface area contributed by atoms with E-state index < -0.39 is 0 Å². The van der Waals surface area contributed by atoms with Crippen LogP contribution in [-0.4, -0.2) is 4.98 Å². The Balaban J connectivity index is 2.05. The molecule has 0 aliphatic rings. The van der Waals surface area contributed by atoms with Crippen LogP contribution in [0.4, 0.5) is 5.82 Å². The van der Waals surface area contributed by atoms with Crippen molar-refractivity contribution in [1.29, 1.82) is 0 Å². The molecule has 0 unspecified atom stereocenters. The average molecular weight is 278 g/mol. The zero-order chi connectivity index (χ0) is 13.7. The van der Waals surface area contributed by atoms with Gasteiger partial charge in [-0.15, -0.1) is 0 Å². The summed E-state index contributed by atoms with van der Waals surface area (Å²) >= 11 is 6.06. The monoisotopic (exact) mass is 277 g/mol. The Morgan fingerprint density at radius 2 is 1.95 bits per heavy atom. The summed E-state index contributed by atoms with van der Waals surface area (Å²) in [5.74, 6) is 6.66. The quantitative estimate of drug-likeness (QED) is 0.651. The number of halogens is 1. The van der Waals surface area contributed by atoms with Crippen molar-refractivity contribution >= 4 is 17.4 Å². The number of nitrogens with two attached hydrogens (primary N) is 1. The average Bonchev–Trinajstić information content (AvgIpc) is 2.47. The SMILES string of the molecule is CCc1ccc(OCc2nc(NN)ccc2Cl)cc1. The third-order valence-electron chi connectivity index (χ3n) is 2.77. The molecule has 4 nitrogen and oxygen atoms in total. The molecular formula is C14H16ClN3O. The second-order valence-electron chi connectivity index (χ2n) is 4.06. The molecule has 19 heavy (non-hydrogen) atoms. The minimum absolute atomic E-state index is 0.305. The van der Waals surface area contributed by atoms with Crippen LogP contribution in [0.3, 0.4) is 0 Å². The molecule has 1 heterocycles. The van der Waals surface area contributed by atoms with E-state index in [1.165, 1.54) is 5.56 Å². The lowest BCUT2D eigenvalue weighted by molar-refractivity contribution is 0.301. The number of hydrogen-bond donors (Lipinski definition) is 2. The van der Waals surface area contributed by atoms with Gasteiger partial charge in [0.15, 0.2) is 0 Å². The Morgan fingerprint density at radius 1 is 1.21 bits per heavy atom. The predicted molar refractivity (Wildman–Crippen MR) is 77.2 cm³/mol. The van der Waals surface area contributed by atoms with Crippen molar-refractivity contribution in [2.45, 2.75) is 20.0 Å². The van der Waals surface area contributed by atoms with E-state index >= 15 is 0 Å². The first-order chi connectivity index (χ1) is 9.22. The third-order valence-corrected chi connectivity index (χ3v) is 3.12. The summed E-state index contributed by atoms with van der Waals surface area (Å²) in [5, 5.41) is 0.559. The number of rotatable bonds is 5. The van der Waals surface area contributed by atoms with Crippen LogP contribution in [0.25, 0.3) is 0 Å². The number of hydrogen-bond acceptors (Lipinski definition) is 4. The number of pyridine rings is 1. The molecule has 1 aromatic carbocycles. The van der Waals surface area contributed by atoms with E-state index in [1.54, 1.807) is 12.1 Å². The number of nitrogen functional groups attached to an aromatic ring is 1. The summed E-state index contributed by atoms with van der Waals surface area (Å²) < 4.78 is 5.66. The lowest BCUT2D eigenvalue weighted by Crippen LogP contribution is -2.10. The van der Waals surface area contributed by atoms with Crippen molar-refractivity contribution in [3.05, 3.63) is 52.7 Å². The van der Waals surface area contributed by atoms with Crippen molar-refractivity contribution in [3.8, 4) is 5.75 Å². The van der Waals surface area contributed by atoms with Crippen molar-refractivity contribution in [3.63, 3.8) is 0 Å².